The first kappa shape index (κ1) is 21.2. The van der Waals surface area contributed by atoms with Crippen molar-refractivity contribution in [1.82, 2.24) is 15.1 Å². The highest BCUT2D eigenvalue weighted by atomic mass is 32.1. The molecule has 29 heavy (non-hydrogen) atoms. The standard InChI is InChI=1S/C22H28N4O2S/c1-16-4-7-20(14-21(16)24-22(29)23-17(2)27)28-19-8-5-18(6-9-19)15-26-12-10-25(3)11-13-26/h4-9,14H,10-13,15H2,1-3H3,(H2,23,24,27,29). The second-order valence-corrected chi connectivity index (χ2v) is 7.85. The van der Waals surface area contributed by atoms with Gasteiger partial charge in [0.2, 0.25) is 5.91 Å². The average molecular weight is 413 g/mol. The van der Waals surface area contributed by atoms with Crippen LogP contribution in [0.15, 0.2) is 42.5 Å². The minimum absolute atomic E-state index is 0.204. The van der Waals surface area contributed by atoms with Gasteiger partial charge in [-0.15, -0.1) is 0 Å². The maximum Gasteiger partial charge on any atom is 0.222 e. The smallest absolute Gasteiger partial charge is 0.222 e. The Morgan fingerprint density at radius 2 is 1.72 bits per heavy atom. The van der Waals surface area contributed by atoms with Crippen molar-refractivity contribution in [3.05, 3.63) is 53.6 Å². The van der Waals surface area contributed by atoms with Crippen molar-refractivity contribution in [3.8, 4) is 11.5 Å². The van der Waals surface area contributed by atoms with Crippen LogP contribution in [0.5, 0.6) is 11.5 Å². The number of aryl methyl sites for hydroxylation is 1. The Labute approximate surface area is 177 Å². The molecule has 0 radical (unpaired) electrons. The van der Waals surface area contributed by atoms with Crippen LogP contribution >= 0.6 is 12.2 Å². The Morgan fingerprint density at radius 3 is 2.38 bits per heavy atom. The molecule has 1 fully saturated rings. The Balaban J connectivity index is 1.60. The third-order valence-corrected chi connectivity index (χ3v) is 5.11. The van der Waals surface area contributed by atoms with E-state index in [9.17, 15) is 4.79 Å². The molecule has 154 valence electrons. The first-order chi connectivity index (χ1) is 13.9. The summed E-state index contributed by atoms with van der Waals surface area (Å²) >= 11 is 5.14. The van der Waals surface area contributed by atoms with Crippen molar-refractivity contribution in [3.63, 3.8) is 0 Å². The van der Waals surface area contributed by atoms with Crippen LogP contribution in [0.2, 0.25) is 0 Å². The molecule has 1 heterocycles. The van der Waals surface area contributed by atoms with Gasteiger partial charge in [0.05, 0.1) is 0 Å². The normalized spacial score (nSPS) is 15.0. The maximum absolute atomic E-state index is 11.1. The number of ether oxygens (including phenoxy) is 1. The Kier molecular flexibility index (Phi) is 7.19. The quantitative estimate of drug-likeness (QED) is 0.735. The number of anilines is 1. The largest absolute Gasteiger partial charge is 0.457 e. The van der Waals surface area contributed by atoms with Gasteiger partial charge >= 0.3 is 0 Å². The molecule has 0 atom stereocenters. The first-order valence-electron chi connectivity index (χ1n) is 9.76. The molecule has 1 aliphatic heterocycles. The van der Waals surface area contributed by atoms with Crippen LogP contribution in [0.4, 0.5) is 5.69 Å². The Morgan fingerprint density at radius 1 is 1.07 bits per heavy atom. The molecule has 1 amide bonds. The molecule has 1 aliphatic rings. The van der Waals surface area contributed by atoms with E-state index in [4.69, 9.17) is 17.0 Å². The molecule has 2 aromatic rings. The first-order valence-corrected chi connectivity index (χ1v) is 10.2. The van der Waals surface area contributed by atoms with Crippen LogP contribution in [0.1, 0.15) is 18.1 Å². The predicted molar refractivity (Wildman–Crippen MR) is 121 cm³/mol. The van der Waals surface area contributed by atoms with Gasteiger partial charge < -0.3 is 20.3 Å². The topological polar surface area (TPSA) is 56.8 Å². The molecular formula is C22H28N4O2S. The van der Waals surface area contributed by atoms with E-state index < -0.39 is 0 Å². The van der Waals surface area contributed by atoms with Gasteiger partial charge in [0.1, 0.15) is 11.5 Å². The third-order valence-electron chi connectivity index (χ3n) is 4.91. The van der Waals surface area contributed by atoms with E-state index in [2.05, 4.69) is 39.6 Å². The van der Waals surface area contributed by atoms with Gasteiger partial charge in [0, 0.05) is 51.4 Å². The lowest BCUT2D eigenvalue weighted by Crippen LogP contribution is -2.43. The zero-order valence-corrected chi connectivity index (χ0v) is 18.0. The van der Waals surface area contributed by atoms with Crippen molar-refractivity contribution >= 4 is 28.9 Å². The summed E-state index contributed by atoms with van der Waals surface area (Å²) in [4.78, 5) is 16.0. The van der Waals surface area contributed by atoms with E-state index in [0.29, 0.717) is 5.75 Å². The summed E-state index contributed by atoms with van der Waals surface area (Å²) in [5.41, 5.74) is 3.09. The van der Waals surface area contributed by atoms with E-state index >= 15 is 0 Å². The van der Waals surface area contributed by atoms with Crippen LogP contribution in [0.25, 0.3) is 0 Å². The second-order valence-electron chi connectivity index (χ2n) is 7.44. The maximum atomic E-state index is 11.1. The van der Waals surface area contributed by atoms with Crippen molar-refractivity contribution < 1.29 is 9.53 Å². The van der Waals surface area contributed by atoms with Gasteiger partial charge in [-0.05, 0) is 55.5 Å². The monoisotopic (exact) mass is 412 g/mol. The minimum Gasteiger partial charge on any atom is -0.457 e. The zero-order valence-electron chi connectivity index (χ0n) is 17.2. The molecular weight excluding hydrogens is 384 g/mol. The number of thiocarbonyl (C=S) groups is 1. The number of amides is 1. The van der Waals surface area contributed by atoms with Crippen LogP contribution < -0.4 is 15.4 Å². The number of carbonyl (C=O) groups excluding carboxylic acids is 1. The molecule has 0 saturated carbocycles. The van der Waals surface area contributed by atoms with Crippen molar-refractivity contribution in [2.45, 2.75) is 20.4 Å². The van der Waals surface area contributed by atoms with Gasteiger partial charge in [-0.3, -0.25) is 9.69 Å². The number of likely N-dealkylation sites (N-methyl/N-ethyl adjacent to an activating group) is 1. The number of carbonyl (C=O) groups is 1. The molecule has 6 nitrogen and oxygen atoms in total. The summed E-state index contributed by atoms with van der Waals surface area (Å²) < 4.78 is 6.00. The van der Waals surface area contributed by atoms with Crippen molar-refractivity contribution in [1.29, 1.82) is 0 Å². The van der Waals surface area contributed by atoms with Gasteiger partial charge in [0.15, 0.2) is 5.11 Å². The average Bonchev–Trinajstić information content (AvgIpc) is 2.67. The number of nitrogens with zero attached hydrogens (tertiary/aromatic N) is 2. The summed E-state index contributed by atoms with van der Waals surface area (Å²) in [6.07, 6.45) is 0. The molecule has 0 aliphatic carbocycles. The lowest BCUT2D eigenvalue weighted by atomic mass is 10.2. The highest BCUT2D eigenvalue weighted by Gasteiger charge is 2.13. The van der Waals surface area contributed by atoms with Crippen molar-refractivity contribution in [2.75, 3.05) is 38.5 Å². The predicted octanol–water partition coefficient (Wildman–Crippen LogP) is 3.37. The van der Waals surface area contributed by atoms with E-state index in [-0.39, 0.29) is 11.0 Å². The zero-order chi connectivity index (χ0) is 20.8. The SMILES string of the molecule is CC(=O)NC(=S)Nc1cc(Oc2ccc(CN3CCN(C)CC3)cc2)ccc1C. The molecule has 0 bridgehead atoms. The number of hydrogen-bond acceptors (Lipinski definition) is 5. The van der Waals surface area contributed by atoms with E-state index in [1.807, 2.05) is 37.3 Å². The molecule has 0 unspecified atom stereocenters. The Bertz CT molecular complexity index is 862. The molecule has 2 aromatic carbocycles. The molecule has 2 N–H and O–H groups in total. The van der Waals surface area contributed by atoms with E-state index in [1.165, 1.54) is 12.5 Å². The third kappa shape index (κ3) is 6.52. The van der Waals surface area contributed by atoms with Crippen LogP contribution in [0.3, 0.4) is 0 Å². The minimum atomic E-state index is -0.204. The highest BCUT2D eigenvalue weighted by molar-refractivity contribution is 7.80. The number of benzene rings is 2. The van der Waals surface area contributed by atoms with Gasteiger partial charge in [-0.2, -0.15) is 0 Å². The molecule has 0 aromatic heterocycles. The van der Waals surface area contributed by atoms with Crippen molar-refractivity contribution in [2.24, 2.45) is 0 Å². The lowest BCUT2D eigenvalue weighted by Gasteiger charge is -2.32. The molecule has 1 saturated heterocycles. The second kappa shape index (κ2) is 9.82. The molecule has 0 spiro atoms. The van der Waals surface area contributed by atoms with Crippen LogP contribution in [0, 0.1) is 6.92 Å². The van der Waals surface area contributed by atoms with E-state index in [0.717, 1.165) is 49.7 Å². The molecule has 7 heteroatoms. The summed E-state index contributed by atoms with van der Waals surface area (Å²) in [5.74, 6) is 1.28. The number of piperazine rings is 1. The van der Waals surface area contributed by atoms with Crippen LogP contribution in [-0.4, -0.2) is 54.0 Å². The Hall–Kier alpha value is -2.48. The fourth-order valence-electron chi connectivity index (χ4n) is 3.18. The summed E-state index contributed by atoms with van der Waals surface area (Å²) in [5, 5.41) is 5.87. The summed E-state index contributed by atoms with van der Waals surface area (Å²) in [6, 6.07) is 14.0. The molecule has 3 rings (SSSR count). The van der Waals surface area contributed by atoms with Gasteiger partial charge in [-0.25, -0.2) is 0 Å². The fourth-order valence-corrected chi connectivity index (χ4v) is 3.43. The van der Waals surface area contributed by atoms with Gasteiger partial charge in [-0.1, -0.05) is 18.2 Å². The fraction of sp³-hybridized carbons (Fsp3) is 0.364. The van der Waals surface area contributed by atoms with Gasteiger partial charge in [0.25, 0.3) is 0 Å². The lowest BCUT2D eigenvalue weighted by molar-refractivity contribution is -0.117. The van der Waals surface area contributed by atoms with Crippen LogP contribution in [-0.2, 0) is 11.3 Å². The number of rotatable bonds is 5. The number of hydrogen-bond donors (Lipinski definition) is 2. The highest BCUT2D eigenvalue weighted by Crippen LogP contribution is 2.27. The van der Waals surface area contributed by atoms with E-state index in [1.54, 1.807) is 0 Å². The number of nitrogens with one attached hydrogen (secondary N) is 2. The summed E-state index contributed by atoms with van der Waals surface area (Å²) in [6.45, 7) is 8.81. The summed E-state index contributed by atoms with van der Waals surface area (Å²) in [7, 11) is 2.17.